The molecule has 0 spiro atoms. The molecule has 0 unspecified atom stereocenters. The Bertz CT molecular complexity index is 938. The van der Waals surface area contributed by atoms with Gasteiger partial charge >= 0.3 is 0 Å². The van der Waals surface area contributed by atoms with Gasteiger partial charge in [-0.3, -0.25) is 4.79 Å². The number of unbranched alkanes of at least 4 members (excludes halogenated alkanes) is 1. The third-order valence-corrected chi connectivity index (χ3v) is 6.17. The highest BCUT2D eigenvalue weighted by atomic mass is 32.2. The van der Waals surface area contributed by atoms with Crippen molar-refractivity contribution in [2.45, 2.75) is 57.7 Å². The van der Waals surface area contributed by atoms with E-state index >= 15 is 0 Å². The van der Waals surface area contributed by atoms with Gasteiger partial charge in [-0.05, 0) is 19.3 Å². The van der Waals surface area contributed by atoms with Crippen molar-refractivity contribution in [2.75, 3.05) is 12.3 Å². The number of aromatic nitrogens is 2. The van der Waals surface area contributed by atoms with Gasteiger partial charge in [-0.1, -0.05) is 92.7 Å². The number of nitrogens with one attached hydrogen (secondary N) is 1. The molecule has 3 aromatic rings. The third kappa shape index (κ3) is 6.47. The molecule has 0 fully saturated rings. The van der Waals surface area contributed by atoms with Gasteiger partial charge in [0.05, 0.1) is 11.4 Å². The summed E-state index contributed by atoms with van der Waals surface area (Å²) in [6.45, 7) is 5.97. The zero-order valence-corrected chi connectivity index (χ0v) is 19.5. The summed E-state index contributed by atoms with van der Waals surface area (Å²) < 4.78 is 2.36. The minimum Gasteiger partial charge on any atom is -0.356 e. The first kappa shape index (κ1) is 23.1. The van der Waals surface area contributed by atoms with Crippen LogP contribution >= 0.6 is 11.8 Å². The van der Waals surface area contributed by atoms with Gasteiger partial charge in [-0.25, -0.2) is 4.98 Å². The van der Waals surface area contributed by atoms with Gasteiger partial charge < -0.3 is 9.88 Å². The average Bonchev–Trinajstić information content (AvgIpc) is 3.17. The lowest BCUT2D eigenvalue weighted by Crippen LogP contribution is -2.24. The van der Waals surface area contributed by atoms with E-state index in [1.54, 1.807) is 11.8 Å². The van der Waals surface area contributed by atoms with Crippen LogP contribution in [0.4, 0.5) is 0 Å². The van der Waals surface area contributed by atoms with Crippen molar-refractivity contribution in [3.8, 4) is 22.5 Å². The summed E-state index contributed by atoms with van der Waals surface area (Å²) >= 11 is 1.78. The molecule has 4 nitrogen and oxygen atoms in total. The minimum absolute atomic E-state index is 0.164. The zero-order valence-electron chi connectivity index (χ0n) is 18.6. The van der Waals surface area contributed by atoms with Crippen molar-refractivity contribution in [1.82, 2.24) is 14.9 Å². The van der Waals surface area contributed by atoms with Crippen LogP contribution in [0.2, 0.25) is 0 Å². The van der Waals surface area contributed by atoms with E-state index in [0.717, 1.165) is 60.9 Å². The fourth-order valence-electron chi connectivity index (χ4n) is 3.55. The van der Waals surface area contributed by atoms with Crippen molar-refractivity contribution in [1.29, 1.82) is 0 Å². The Hall–Kier alpha value is -2.53. The fraction of sp³-hybridized carbons (Fsp3) is 0.385. The normalized spacial score (nSPS) is 10.9. The molecule has 1 amide bonds. The van der Waals surface area contributed by atoms with Gasteiger partial charge in [0.2, 0.25) is 5.91 Å². The molecule has 0 radical (unpaired) electrons. The fourth-order valence-corrected chi connectivity index (χ4v) is 4.51. The van der Waals surface area contributed by atoms with E-state index < -0.39 is 0 Å². The molecule has 5 heteroatoms. The summed E-state index contributed by atoms with van der Waals surface area (Å²) in [6, 6.07) is 21.0. The second-order valence-electron chi connectivity index (χ2n) is 7.63. The van der Waals surface area contributed by atoms with Crippen LogP contribution in [0.5, 0.6) is 0 Å². The van der Waals surface area contributed by atoms with E-state index in [4.69, 9.17) is 4.98 Å². The maximum Gasteiger partial charge on any atom is 0.219 e. The van der Waals surface area contributed by atoms with Crippen molar-refractivity contribution in [3.05, 3.63) is 60.7 Å². The number of nitrogens with zero attached hydrogens (tertiary/aromatic N) is 2. The topological polar surface area (TPSA) is 46.9 Å². The van der Waals surface area contributed by atoms with E-state index in [1.807, 2.05) is 6.07 Å². The Balaban J connectivity index is 1.79. The first-order valence-electron chi connectivity index (χ1n) is 11.4. The Morgan fingerprint density at radius 3 is 2.26 bits per heavy atom. The van der Waals surface area contributed by atoms with Gasteiger partial charge in [-0.15, -0.1) is 0 Å². The Kier molecular flexibility index (Phi) is 9.22. The molecule has 0 aliphatic rings. The number of carbonyl (C=O) groups is 1. The van der Waals surface area contributed by atoms with Crippen molar-refractivity contribution >= 4 is 17.7 Å². The molecule has 0 saturated heterocycles. The zero-order chi connectivity index (χ0) is 21.9. The first-order valence-corrected chi connectivity index (χ1v) is 12.3. The first-order chi connectivity index (χ1) is 15.2. The molecule has 164 valence electrons. The van der Waals surface area contributed by atoms with Crippen LogP contribution < -0.4 is 5.32 Å². The molecule has 2 aromatic carbocycles. The number of hydrogen-bond acceptors (Lipinski definition) is 3. The number of amides is 1. The van der Waals surface area contributed by atoms with Gasteiger partial charge in [0.25, 0.3) is 0 Å². The summed E-state index contributed by atoms with van der Waals surface area (Å²) in [7, 11) is 0. The summed E-state index contributed by atoms with van der Waals surface area (Å²) in [5.74, 6) is 1.09. The number of benzene rings is 2. The lowest BCUT2D eigenvalue weighted by molar-refractivity contribution is -0.121. The molecule has 0 aliphatic carbocycles. The number of imidazole rings is 1. The van der Waals surface area contributed by atoms with Crippen LogP contribution in [0.25, 0.3) is 22.5 Å². The third-order valence-electron chi connectivity index (χ3n) is 5.11. The summed E-state index contributed by atoms with van der Waals surface area (Å²) in [6.07, 6.45) is 4.62. The van der Waals surface area contributed by atoms with E-state index in [0.29, 0.717) is 6.42 Å². The van der Waals surface area contributed by atoms with E-state index in [2.05, 4.69) is 78.3 Å². The molecule has 1 heterocycles. The van der Waals surface area contributed by atoms with Crippen LogP contribution in [-0.4, -0.2) is 27.8 Å². The summed E-state index contributed by atoms with van der Waals surface area (Å²) in [5.41, 5.74) is 4.55. The lowest BCUT2D eigenvalue weighted by atomic mass is 10.0. The molecule has 31 heavy (non-hydrogen) atoms. The van der Waals surface area contributed by atoms with Crippen molar-refractivity contribution < 1.29 is 4.79 Å². The van der Waals surface area contributed by atoms with Crippen LogP contribution in [0.15, 0.2) is 65.8 Å². The largest absolute Gasteiger partial charge is 0.356 e. The Morgan fingerprint density at radius 1 is 0.935 bits per heavy atom. The highest BCUT2D eigenvalue weighted by Crippen LogP contribution is 2.36. The quantitative estimate of drug-likeness (QED) is 0.264. The monoisotopic (exact) mass is 435 g/mol. The maximum absolute atomic E-state index is 11.8. The number of thioether (sulfide) groups is 1. The molecular formula is C26H33N3OS. The van der Waals surface area contributed by atoms with E-state index in [-0.39, 0.29) is 5.91 Å². The molecule has 1 N–H and O–H groups in total. The van der Waals surface area contributed by atoms with Crippen LogP contribution in [0, 0.1) is 0 Å². The molecule has 0 saturated carbocycles. The highest BCUT2D eigenvalue weighted by molar-refractivity contribution is 7.99. The standard InChI is InChI=1S/C26H33N3OS/c1-3-5-17-23(30)27-18-12-20-31-26-28-24(21-13-8-6-9-14-21)25(29(26)19-4-2)22-15-10-7-11-16-22/h6-11,13-16H,3-5,12,17-20H2,1-2H3,(H,27,30). The second kappa shape index (κ2) is 12.4. The van der Waals surface area contributed by atoms with Gasteiger partial charge in [0, 0.05) is 36.4 Å². The predicted octanol–water partition coefficient (Wildman–Crippen LogP) is 6.42. The van der Waals surface area contributed by atoms with Gasteiger partial charge in [0.1, 0.15) is 0 Å². The highest BCUT2D eigenvalue weighted by Gasteiger charge is 2.19. The van der Waals surface area contributed by atoms with Crippen molar-refractivity contribution in [2.24, 2.45) is 0 Å². The number of hydrogen-bond donors (Lipinski definition) is 1. The molecule has 3 rings (SSSR count). The minimum atomic E-state index is 0.164. The SMILES string of the molecule is CCCCC(=O)NCCCSc1nc(-c2ccccc2)c(-c2ccccc2)n1CCC. The van der Waals surface area contributed by atoms with Crippen LogP contribution in [0.1, 0.15) is 46.0 Å². The predicted molar refractivity (Wildman–Crippen MR) is 131 cm³/mol. The van der Waals surface area contributed by atoms with E-state index in [1.165, 1.54) is 11.3 Å². The van der Waals surface area contributed by atoms with Gasteiger partial charge in [-0.2, -0.15) is 0 Å². The molecule has 1 aromatic heterocycles. The molecule has 0 aliphatic heterocycles. The Labute approximate surface area is 190 Å². The molecule has 0 atom stereocenters. The average molecular weight is 436 g/mol. The van der Waals surface area contributed by atoms with Gasteiger partial charge in [0.15, 0.2) is 5.16 Å². The van der Waals surface area contributed by atoms with Crippen LogP contribution in [0.3, 0.4) is 0 Å². The van der Waals surface area contributed by atoms with Crippen LogP contribution in [-0.2, 0) is 11.3 Å². The number of carbonyl (C=O) groups excluding carboxylic acids is 1. The smallest absolute Gasteiger partial charge is 0.219 e. The van der Waals surface area contributed by atoms with Crippen molar-refractivity contribution in [3.63, 3.8) is 0 Å². The summed E-state index contributed by atoms with van der Waals surface area (Å²) in [5, 5.41) is 4.08. The lowest BCUT2D eigenvalue weighted by Gasteiger charge is -2.12. The second-order valence-corrected chi connectivity index (χ2v) is 8.69. The Morgan fingerprint density at radius 2 is 1.61 bits per heavy atom. The molecule has 0 bridgehead atoms. The number of rotatable bonds is 12. The molecular weight excluding hydrogens is 402 g/mol. The van der Waals surface area contributed by atoms with E-state index in [9.17, 15) is 4.79 Å². The maximum atomic E-state index is 11.8. The summed E-state index contributed by atoms with van der Waals surface area (Å²) in [4.78, 5) is 16.9.